The number of hydrogen-bond donors (Lipinski definition) is 2. The molecule has 1 fully saturated rings. The lowest BCUT2D eigenvalue weighted by atomic mass is 9.96. The highest BCUT2D eigenvalue weighted by atomic mass is 35.5. The number of nitrogens with one attached hydrogen (secondary N) is 2. The molecule has 0 radical (unpaired) electrons. The van der Waals surface area contributed by atoms with Gasteiger partial charge in [0.25, 0.3) is 0 Å². The monoisotopic (exact) mass is 310 g/mol. The van der Waals surface area contributed by atoms with Crippen LogP contribution in [0.2, 0.25) is 5.02 Å². The van der Waals surface area contributed by atoms with Gasteiger partial charge in [-0.1, -0.05) is 11.6 Å². The van der Waals surface area contributed by atoms with Crippen LogP contribution < -0.4 is 10.6 Å². The Labute approximate surface area is 126 Å². The van der Waals surface area contributed by atoms with Gasteiger partial charge in [-0.3, -0.25) is 4.79 Å². The molecule has 7 heteroatoms. The van der Waals surface area contributed by atoms with Crippen molar-refractivity contribution in [1.29, 1.82) is 0 Å². The van der Waals surface area contributed by atoms with Crippen molar-refractivity contribution in [3.63, 3.8) is 0 Å². The van der Waals surface area contributed by atoms with Crippen LogP contribution in [0.5, 0.6) is 0 Å². The lowest BCUT2D eigenvalue weighted by molar-refractivity contribution is -0.117. The third-order valence-corrected chi connectivity index (χ3v) is 4.37. The van der Waals surface area contributed by atoms with Gasteiger partial charge in [-0.05, 0) is 44.0 Å². The van der Waals surface area contributed by atoms with E-state index in [0.717, 1.165) is 43.2 Å². The van der Waals surface area contributed by atoms with Gasteiger partial charge in [0.05, 0.1) is 22.4 Å². The number of aromatic nitrogens is 2. The van der Waals surface area contributed by atoms with Crippen LogP contribution in [-0.4, -0.2) is 27.7 Å². The molecule has 0 spiro atoms. The van der Waals surface area contributed by atoms with Crippen molar-refractivity contribution < 1.29 is 4.79 Å². The van der Waals surface area contributed by atoms with Gasteiger partial charge < -0.3 is 10.6 Å². The minimum atomic E-state index is -0.0129. The fraction of sp³-hybridized carbons (Fsp3) is 0.462. The smallest absolute Gasteiger partial charge is 0.224 e. The van der Waals surface area contributed by atoms with Crippen molar-refractivity contribution in [2.45, 2.75) is 19.3 Å². The predicted molar refractivity (Wildman–Crippen MR) is 81.3 cm³/mol. The van der Waals surface area contributed by atoms with E-state index in [9.17, 15) is 4.79 Å². The zero-order chi connectivity index (χ0) is 13.9. The van der Waals surface area contributed by atoms with Crippen molar-refractivity contribution in [2.24, 2.45) is 5.92 Å². The van der Waals surface area contributed by atoms with Crippen LogP contribution in [-0.2, 0) is 4.79 Å². The molecule has 20 heavy (non-hydrogen) atoms. The van der Waals surface area contributed by atoms with Crippen LogP contribution in [0, 0.1) is 5.92 Å². The summed E-state index contributed by atoms with van der Waals surface area (Å²) in [5.74, 6) is 0.386. The van der Waals surface area contributed by atoms with Crippen LogP contribution in [0.1, 0.15) is 19.3 Å². The maximum absolute atomic E-state index is 12.2. The second-order valence-electron chi connectivity index (χ2n) is 5.02. The summed E-state index contributed by atoms with van der Waals surface area (Å²) in [5, 5.41) is 6.71. The molecule has 5 nitrogen and oxygen atoms in total. The summed E-state index contributed by atoms with van der Waals surface area (Å²) in [4.78, 5) is 12.2. The van der Waals surface area contributed by atoms with Gasteiger partial charge in [-0.15, -0.1) is 0 Å². The summed E-state index contributed by atoms with van der Waals surface area (Å²) < 4.78 is 8.35. The zero-order valence-corrected chi connectivity index (χ0v) is 12.4. The third-order valence-electron chi connectivity index (χ3n) is 3.51. The number of amides is 1. The zero-order valence-electron chi connectivity index (χ0n) is 10.9. The fourth-order valence-electron chi connectivity index (χ4n) is 2.50. The summed E-state index contributed by atoms with van der Waals surface area (Å²) in [7, 11) is 0. The van der Waals surface area contributed by atoms with Gasteiger partial charge in [0.15, 0.2) is 0 Å². The molecule has 1 aromatic heterocycles. The van der Waals surface area contributed by atoms with Crippen LogP contribution in [0.25, 0.3) is 11.0 Å². The number of halogens is 1. The predicted octanol–water partition coefficient (Wildman–Crippen LogP) is 2.67. The molecule has 0 bridgehead atoms. The summed E-state index contributed by atoms with van der Waals surface area (Å²) in [6.07, 6.45) is 2.73. The Kier molecular flexibility index (Phi) is 4.14. The number of piperidine rings is 1. The molecule has 3 rings (SSSR count). The number of hydrogen-bond acceptors (Lipinski definition) is 5. The van der Waals surface area contributed by atoms with Gasteiger partial charge >= 0.3 is 0 Å². The maximum atomic E-state index is 12.2. The van der Waals surface area contributed by atoms with Crippen molar-refractivity contribution in [3.8, 4) is 0 Å². The van der Waals surface area contributed by atoms with Crippen LogP contribution in [0.3, 0.4) is 0 Å². The minimum absolute atomic E-state index is 0.0129. The van der Waals surface area contributed by atoms with Gasteiger partial charge in [-0.25, -0.2) is 0 Å². The number of fused-ring (bicyclic) bond motifs is 1. The Hall–Kier alpha value is -1.24. The van der Waals surface area contributed by atoms with E-state index in [1.807, 2.05) is 6.07 Å². The van der Waals surface area contributed by atoms with Gasteiger partial charge in [0.2, 0.25) is 5.91 Å². The standard InChI is InChI=1S/C13H15ClN4OS/c14-9-3-4-10-13(18-20-17-10)12(9)16-11(19)6-8-2-1-5-15-7-8/h3-4,8,15H,1-2,5-7H2,(H,16,19). The number of carbonyl (C=O) groups excluding carboxylic acids is 1. The fourth-order valence-corrected chi connectivity index (χ4v) is 3.24. The van der Waals surface area contributed by atoms with E-state index in [4.69, 9.17) is 11.6 Å². The highest BCUT2D eigenvalue weighted by Gasteiger charge is 2.18. The number of rotatable bonds is 3. The Morgan fingerprint density at radius 3 is 3.20 bits per heavy atom. The minimum Gasteiger partial charge on any atom is -0.323 e. The number of nitrogens with zero attached hydrogens (tertiary/aromatic N) is 2. The van der Waals surface area contributed by atoms with Crippen molar-refractivity contribution in [2.75, 3.05) is 18.4 Å². The second-order valence-corrected chi connectivity index (χ2v) is 5.95. The molecule has 1 aliphatic heterocycles. The number of carbonyl (C=O) groups is 1. The third kappa shape index (κ3) is 2.92. The van der Waals surface area contributed by atoms with Gasteiger partial charge in [0, 0.05) is 6.42 Å². The average Bonchev–Trinajstić information content (AvgIpc) is 2.92. The summed E-state index contributed by atoms with van der Waals surface area (Å²) in [5.41, 5.74) is 2.00. The van der Waals surface area contributed by atoms with E-state index in [-0.39, 0.29) is 5.91 Å². The van der Waals surface area contributed by atoms with Gasteiger partial charge in [-0.2, -0.15) is 8.75 Å². The Morgan fingerprint density at radius 1 is 1.50 bits per heavy atom. The van der Waals surface area contributed by atoms with E-state index < -0.39 is 0 Å². The summed E-state index contributed by atoms with van der Waals surface area (Å²) >= 11 is 7.28. The Morgan fingerprint density at radius 2 is 2.40 bits per heavy atom. The molecular formula is C13H15ClN4OS. The molecule has 1 unspecified atom stereocenters. The molecule has 1 saturated heterocycles. The van der Waals surface area contributed by atoms with E-state index in [1.165, 1.54) is 0 Å². The van der Waals surface area contributed by atoms with Gasteiger partial charge in [0.1, 0.15) is 11.0 Å². The molecular weight excluding hydrogens is 296 g/mol. The first-order chi connectivity index (χ1) is 9.74. The molecule has 1 aliphatic rings. The van der Waals surface area contributed by atoms with Crippen LogP contribution in [0.15, 0.2) is 12.1 Å². The van der Waals surface area contributed by atoms with Crippen molar-refractivity contribution in [1.82, 2.24) is 14.1 Å². The highest BCUT2D eigenvalue weighted by molar-refractivity contribution is 7.00. The molecule has 1 amide bonds. The molecule has 106 valence electrons. The topological polar surface area (TPSA) is 66.9 Å². The summed E-state index contributed by atoms with van der Waals surface area (Å²) in [6.45, 7) is 1.96. The Balaban J connectivity index is 1.73. The first-order valence-electron chi connectivity index (χ1n) is 6.65. The lowest BCUT2D eigenvalue weighted by Crippen LogP contribution is -2.32. The van der Waals surface area contributed by atoms with Crippen LogP contribution in [0.4, 0.5) is 5.69 Å². The average molecular weight is 311 g/mol. The van der Waals surface area contributed by atoms with E-state index >= 15 is 0 Å². The number of benzene rings is 1. The molecule has 2 N–H and O–H groups in total. The molecule has 1 atom stereocenters. The molecule has 0 saturated carbocycles. The van der Waals surface area contributed by atoms with Crippen molar-refractivity contribution in [3.05, 3.63) is 17.2 Å². The normalized spacial score (nSPS) is 19.1. The number of anilines is 1. The highest BCUT2D eigenvalue weighted by Crippen LogP contribution is 2.30. The summed E-state index contributed by atoms with van der Waals surface area (Å²) in [6, 6.07) is 3.55. The molecule has 1 aromatic carbocycles. The lowest BCUT2D eigenvalue weighted by Gasteiger charge is -2.22. The molecule has 2 heterocycles. The van der Waals surface area contributed by atoms with E-state index in [2.05, 4.69) is 19.4 Å². The first kappa shape index (κ1) is 13.7. The SMILES string of the molecule is O=C(CC1CCCNC1)Nc1c(Cl)ccc2nsnc12. The second kappa shape index (κ2) is 6.03. The maximum Gasteiger partial charge on any atom is 0.224 e. The van der Waals surface area contributed by atoms with Crippen molar-refractivity contribution >= 4 is 46.0 Å². The van der Waals surface area contributed by atoms with E-state index in [0.29, 0.717) is 28.6 Å². The van der Waals surface area contributed by atoms with E-state index in [1.54, 1.807) is 6.07 Å². The molecule has 2 aromatic rings. The molecule has 0 aliphatic carbocycles. The largest absolute Gasteiger partial charge is 0.323 e. The Bertz CT molecular complexity index is 624. The quantitative estimate of drug-likeness (QED) is 0.914. The van der Waals surface area contributed by atoms with Crippen LogP contribution >= 0.6 is 23.3 Å². The first-order valence-corrected chi connectivity index (χ1v) is 7.76.